The van der Waals surface area contributed by atoms with Gasteiger partial charge >= 0.3 is 0 Å². The normalized spacial score (nSPS) is 14.0. The fraction of sp³-hybridized carbons (Fsp3) is 0.304. The zero-order chi connectivity index (χ0) is 19.2. The molecular weight excluding hydrogens is 348 g/mol. The van der Waals surface area contributed by atoms with E-state index in [0.717, 1.165) is 41.9 Å². The first kappa shape index (κ1) is 18.3. The Balaban J connectivity index is 1.59. The molecule has 0 amide bonds. The van der Waals surface area contributed by atoms with Crippen LogP contribution in [-0.4, -0.2) is 30.2 Å². The highest BCUT2D eigenvalue weighted by molar-refractivity contribution is 5.62. The lowest BCUT2D eigenvalue weighted by atomic mass is 10.1. The van der Waals surface area contributed by atoms with Gasteiger partial charge in [-0.25, -0.2) is 9.97 Å². The van der Waals surface area contributed by atoms with Crippen LogP contribution in [0.2, 0.25) is 0 Å². The van der Waals surface area contributed by atoms with Crippen LogP contribution in [0.4, 0.5) is 11.6 Å². The lowest BCUT2D eigenvalue weighted by Crippen LogP contribution is -2.30. The minimum absolute atomic E-state index is 0.703. The standard InChI is InChI=1S/C23H26N4O/c1-28-20-12-10-18(11-13-20)17-24-21-16-22(27-14-6-3-7-15-27)26-23(25-21)19-8-4-2-5-9-19/h2,4-5,8-13,16H,3,6-7,14-15,17H2,1H3,(H,24,25,26). The summed E-state index contributed by atoms with van der Waals surface area (Å²) in [7, 11) is 1.68. The number of hydrogen-bond acceptors (Lipinski definition) is 5. The van der Waals surface area contributed by atoms with Crippen molar-refractivity contribution >= 4 is 11.6 Å². The second kappa shape index (κ2) is 8.74. The Labute approximate surface area is 166 Å². The van der Waals surface area contributed by atoms with E-state index in [1.165, 1.54) is 24.8 Å². The summed E-state index contributed by atoms with van der Waals surface area (Å²) in [5.41, 5.74) is 2.22. The Morgan fingerprint density at radius 1 is 0.929 bits per heavy atom. The smallest absolute Gasteiger partial charge is 0.163 e. The van der Waals surface area contributed by atoms with E-state index >= 15 is 0 Å². The molecule has 0 radical (unpaired) electrons. The second-order valence-corrected chi connectivity index (χ2v) is 7.05. The Kier molecular flexibility index (Phi) is 5.71. The predicted molar refractivity (Wildman–Crippen MR) is 114 cm³/mol. The van der Waals surface area contributed by atoms with Gasteiger partial charge in [-0.05, 0) is 37.0 Å². The highest BCUT2D eigenvalue weighted by Crippen LogP contribution is 2.25. The number of nitrogens with zero attached hydrogens (tertiary/aromatic N) is 3. The average Bonchev–Trinajstić information content (AvgIpc) is 2.79. The van der Waals surface area contributed by atoms with Crippen LogP contribution in [0.3, 0.4) is 0 Å². The summed E-state index contributed by atoms with van der Waals surface area (Å²) in [4.78, 5) is 12.0. The molecule has 1 aliphatic rings. The van der Waals surface area contributed by atoms with E-state index in [1.807, 2.05) is 30.3 Å². The van der Waals surface area contributed by atoms with Gasteiger partial charge in [-0.1, -0.05) is 42.5 Å². The van der Waals surface area contributed by atoms with Gasteiger partial charge < -0.3 is 15.0 Å². The lowest BCUT2D eigenvalue weighted by Gasteiger charge is -2.28. The molecule has 0 saturated carbocycles. The molecule has 1 aliphatic heterocycles. The summed E-state index contributed by atoms with van der Waals surface area (Å²) in [6, 6.07) is 20.3. The molecule has 0 unspecified atom stereocenters. The fourth-order valence-electron chi connectivity index (χ4n) is 3.46. The molecule has 1 aromatic heterocycles. The van der Waals surface area contributed by atoms with Gasteiger partial charge in [0.15, 0.2) is 5.82 Å². The molecular formula is C23H26N4O. The van der Waals surface area contributed by atoms with Crippen molar-refractivity contribution in [2.75, 3.05) is 30.4 Å². The molecule has 0 spiro atoms. The largest absolute Gasteiger partial charge is 0.497 e. The molecule has 2 aromatic carbocycles. The van der Waals surface area contributed by atoms with E-state index in [-0.39, 0.29) is 0 Å². The van der Waals surface area contributed by atoms with Crippen molar-refractivity contribution in [3.63, 3.8) is 0 Å². The van der Waals surface area contributed by atoms with Crippen LogP contribution in [0.1, 0.15) is 24.8 Å². The summed E-state index contributed by atoms with van der Waals surface area (Å²) in [6.45, 7) is 2.82. The molecule has 28 heavy (non-hydrogen) atoms. The minimum atomic E-state index is 0.703. The molecule has 4 rings (SSSR count). The molecule has 1 fully saturated rings. The molecule has 0 aliphatic carbocycles. The van der Waals surface area contributed by atoms with Gasteiger partial charge in [0.25, 0.3) is 0 Å². The van der Waals surface area contributed by atoms with Crippen LogP contribution in [0.5, 0.6) is 5.75 Å². The monoisotopic (exact) mass is 374 g/mol. The maximum absolute atomic E-state index is 5.23. The number of piperidine rings is 1. The van der Waals surface area contributed by atoms with Crippen LogP contribution >= 0.6 is 0 Å². The molecule has 3 aromatic rings. The quantitative estimate of drug-likeness (QED) is 0.674. The first-order valence-electron chi connectivity index (χ1n) is 9.88. The second-order valence-electron chi connectivity index (χ2n) is 7.05. The van der Waals surface area contributed by atoms with Crippen LogP contribution in [0, 0.1) is 0 Å². The van der Waals surface area contributed by atoms with Gasteiger partial charge in [0.05, 0.1) is 7.11 Å². The van der Waals surface area contributed by atoms with Gasteiger partial charge in [0.1, 0.15) is 17.4 Å². The van der Waals surface area contributed by atoms with Crippen molar-refractivity contribution in [1.82, 2.24) is 9.97 Å². The summed E-state index contributed by atoms with van der Waals surface area (Å²) >= 11 is 0. The molecule has 0 bridgehead atoms. The van der Waals surface area contributed by atoms with Crippen LogP contribution in [0.15, 0.2) is 60.7 Å². The number of ether oxygens (including phenoxy) is 1. The van der Waals surface area contributed by atoms with Crippen molar-refractivity contribution < 1.29 is 4.74 Å². The van der Waals surface area contributed by atoms with E-state index in [4.69, 9.17) is 14.7 Å². The van der Waals surface area contributed by atoms with Crippen molar-refractivity contribution in [2.45, 2.75) is 25.8 Å². The fourth-order valence-corrected chi connectivity index (χ4v) is 3.46. The zero-order valence-corrected chi connectivity index (χ0v) is 16.3. The molecule has 5 heteroatoms. The first-order chi connectivity index (χ1) is 13.8. The van der Waals surface area contributed by atoms with E-state index in [2.05, 4.69) is 40.5 Å². The maximum atomic E-state index is 5.23. The third-order valence-electron chi connectivity index (χ3n) is 5.06. The third-order valence-corrected chi connectivity index (χ3v) is 5.06. The molecule has 1 saturated heterocycles. The summed E-state index contributed by atoms with van der Waals surface area (Å²) in [6.07, 6.45) is 3.74. The Morgan fingerprint density at radius 2 is 1.68 bits per heavy atom. The number of anilines is 2. The molecule has 5 nitrogen and oxygen atoms in total. The number of nitrogens with one attached hydrogen (secondary N) is 1. The van der Waals surface area contributed by atoms with Gasteiger partial charge in [-0.15, -0.1) is 0 Å². The highest BCUT2D eigenvalue weighted by Gasteiger charge is 2.15. The van der Waals surface area contributed by atoms with Crippen LogP contribution < -0.4 is 15.0 Å². The van der Waals surface area contributed by atoms with Crippen molar-refractivity contribution in [3.8, 4) is 17.1 Å². The number of hydrogen-bond donors (Lipinski definition) is 1. The minimum Gasteiger partial charge on any atom is -0.497 e. The van der Waals surface area contributed by atoms with Crippen LogP contribution in [-0.2, 0) is 6.54 Å². The highest BCUT2D eigenvalue weighted by atomic mass is 16.5. The molecule has 2 heterocycles. The molecule has 1 N–H and O–H groups in total. The van der Waals surface area contributed by atoms with E-state index in [0.29, 0.717) is 6.54 Å². The van der Waals surface area contributed by atoms with Gasteiger partial charge in [-0.2, -0.15) is 0 Å². The number of rotatable bonds is 6. The molecule has 144 valence electrons. The van der Waals surface area contributed by atoms with Gasteiger partial charge in [0, 0.05) is 31.3 Å². The van der Waals surface area contributed by atoms with Crippen molar-refractivity contribution in [3.05, 3.63) is 66.2 Å². The molecule has 0 atom stereocenters. The predicted octanol–water partition coefficient (Wildman–Crippen LogP) is 4.75. The summed E-state index contributed by atoms with van der Waals surface area (Å²) in [5, 5.41) is 3.47. The Bertz CT molecular complexity index is 890. The topological polar surface area (TPSA) is 50.3 Å². The number of methoxy groups -OCH3 is 1. The Hall–Kier alpha value is -3.08. The summed E-state index contributed by atoms with van der Waals surface area (Å²) < 4.78 is 5.23. The van der Waals surface area contributed by atoms with Gasteiger partial charge in [0.2, 0.25) is 0 Å². The number of benzene rings is 2. The third kappa shape index (κ3) is 4.42. The SMILES string of the molecule is COc1ccc(CNc2cc(N3CCCCC3)nc(-c3ccccc3)n2)cc1. The van der Waals surface area contributed by atoms with Gasteiger partial charge in [-0.3, -0.25) is 0 Å². The van der Waals surface area contributed by atoms with Crippen molar-refractivity contribution in [2.24, 2.45) is 0 Å². The van der Waals surface area contributed by atoms with E-state index in [9.17, 15) is 0 Å². The Morgan fingerprint density at radius 3 is 2.39 bits per heavy atom. The van der Waals surface area contributed by atoms with E-state index in [1.54, 1.807) is 7.11 Å². The van der Waals surface area contributed by atoms with Crippen LogP contribution in [0.25, 0.3) is 11.4 Å². The number of aromatic nitrogens is 2. The summed E-state index contributed by atoms with van der Waals surface area (Å²) in [5.74, 6) is 3.49. The first-order valence-corrected chi connectivity index (χ1v) is 9.88. The zero-order valence-electron chi connectivity index (χ0n) is 16.3. The van der Waals surface area contributed by atoms with E-state index < -0.39 is 0 Å². The maximum Gasteiger partial charge on any atom is 0.163 e. The lowest BCUT2D eigenvalue weighted by molar-refractivity contribution is 0.414. The average molecular weight is 374 g/mol. The van der Waals surface area contributed by atoms with Crippen molar-refractivity contribution in [1.29, 1.82) is 0 Å².